The average Bonchev–Trinajstić information content (AvgIpc) is 2.77. The van der Waals surface area contributed by atoms with Gasteiger partial charge in [-0.15, -0.1) is 0 Å². The van der Waals surface area contributed by atoms with Crippen LogP contribution in [0.5, 0.6) is 11.5 Å². The van der Waals surface area contributed by atoms with Crippen molar-refractivity contribution in [2.45, 2.75) is 20.0 Å². The molecule has 0 aliphatic rings. The van der Waals surface area contributed by atoms with Gasteiger partial charge in [-0.3, -0.25) is 20.4 Å². The van der Waals surface area contributed by atoms with Gasteiger partial charge in [-0.25, -0.2) is 0 Å². The summed E-state index contributed by atoms with van der Waals surface area (Å²) in [6, 6.07) is 24.8. The molecule has 2 amide bonds. The number of hydrogen-bond acceptors (Lipinski definition) is 4. The lowest BCUT2D eigenvalue weighted by Crippen LogP contribution is -2.48. The third-order valence-electron chi connectivity index (χ3n) is 4.33. The Morgan fingerprint density at radius 2 is 1.53 bits per heavy atom. The van der Waals surface area contributed by atoms with Crippen LogP contribution in [0.25, 0.3) is 11.1 Å². The van der Waals surface area contributed by atoms with E-state index in [1.54, 1.807) is 25.1 Å². The van der Waals surface area contributed by atoms with Gasteiger partial charge in [0.2, 0.25) is 0 Å². The number of amides is 2. The predicted octanol–water partition coefficient (Wildman–Crippen LogP) is 3.66. The zero-order chi connectivity index (χ0) is 21.3. The molecule has 154 valence electrons. The molecule has 0 aliphatic carbocycles. The van der Waals surface area contributed by atoms with Gasteiger partial charge in [0.25, 0.3) is 11.8 Å². The van der Waals surface area contributed by atoms with Gasteiger partial charge < -0.3 is 9.47 Å². The van der Waals surface area contributed by atoms with Gasteiger partial charge in [0.05, 0.1) is 0 Å². The van der Waals surface area contributed by atoms with Crippen LogP contribution in [0.3, 0.4) is 0 Å². The standard InChI is InChI=1S/C24H24N2O4/c1-17-7-6-10-22(15-17)30-18(2)24(28)26-25-23(27)16-29-21-13-11-20(12-14-21)19-8-4-3-5-9-19/h3-15,18H,16H2,1-2H3,(H,25,27)(H,26,28). The van der Waals surface area contributed by atoms with Crippen molar-refractivity contribution in [2.24, 2.45) is 0 Å². The number of benzene rings is 3. The van der Waals surface area contributed by atoms with Gasteiger partial charge >= 0.3 is 0 Å². The predicted molar refractivity (Wildman–Crippen MR) is 115 cm³/mol. The van der Waals surface area contributed by atoms with Gasteiger partial charge in [0.15, 0.2) is 12.7 Å². The maximum absolute atomic E-state index is 12.1. The smallest absolute Gasteiger partial charge is 0.279 e. The number of nitrogens with one attached hydrogen (secondary N) is 2. The topological polar surface area (TPSA) is 76.7 Å². The lowest BCUT2D eigenvalue weighted by atomic mass is 10.1. The minimum atomic E-state index is -0.765. The van der Waals surface area contributed by atoms with Crippen molar-refractivity contribution < 1.29 is 19.1 Å². The van der Waals surface area contributed by atoms with Crippen LogP contribution in [-0.4, -0.2) is 24.5 Å². The van der Waals surface area contributed by atoms with Crippen LogP contribution in [0.2, 0.25) is 0 Å². The van der Waals surface area contributed by atoms with E-state index >= 15 is 0 Å². The molecule has 3 aromatic carbocycles. The molecule has 0 bridgehead atoms. The van der Waals surface area contributed by atoms with Gasteiger partial charge in [-0.2, -0.15) is 0 Å². The van der Waals surface area contributed by atoms with E-state index in [-0.39, 0.29) is 6.61 Å². The van der Waals surface area contributed by atoms with Crippen LogP contribution < -0.4 is 20.3 Å². The first-order chi connectivity index (χ1) is 14.5. The molecule has 1 unspecified atom stereocenters. The second kappa shape index (κ2) is 10.1. The lowest BCUT2D eigenvalue weighted by Gasteiger charge is -2.15. The summed E-state index contributed by atoms with van der Waals surface area (Å²) in [7, 11) is 0. The summed E-state index contributed by atoms with van der Waals surface area (Å²) in [5.41, 5.74) is 7.86. The van der Waals surface area contributed by atoms with Gasteiger partial charge in [-0.05, 0) is 54.8 Å². The highest BCUT2D eigenvalue weighted by molar-refractivity contribution is 5.85. The first kappa shape index (κ1) is 20.9. The van der Waals surface area contributed by atoms with E-state index in [4.69, 9.17) is 9.47 Å². The van der Waals surface area contributed by atoms with Crippen LogP contribution in [0.1, 0.15) is 12.5 Å². The van der Waals surface area contributed by atoms with Crippen LogP contribution in [0, 0.1) is 6.92 Å². The summed E-state index contributed by atoms with van der Waals surface area (Å²) >= 11 is 0. The van der Waals surface area contributed by atoms with Crippen LogP contribution in [0.15, 0.2) is 78.9 Å². The molecule has 0 aromatic heterocycles. The Balaban J connectivity index is 1.41. The fraction of sp³-hybridized carbons (Fsp3) is 0.167. The summed E-state index contributed by atoms with van der Waals surface area (Å²) in [4.78, 5) is 24.0. The van der Waals surface area contributed by atoms with Crippen molar-refractivity contribution in [1.82, 2.24) is 10.9 Å². The minimum Gasteiger partial charge on any atom is -0.484 e. The molecule has 0 spiro atoms. The van der Waals surface area contributed by atoms with E-state index in [1.165, 1.54) is 0 Å². The zero-order valence-corrected chi connectivity index (χ0v) is 16.9. The van der Waals surface area contributed by atoms with E-state index in [0.29, 0.717) is 11.5 Å². The molecule has 2 N–H and O–H groups in total. The number of carbonyl (C=O) groups excluding carboxylic acids is 2. The molecule has 0 radical (unpaired) electrons. The number of hydrazine groups is 1. The Morgan fingerprint density at radius 3 is 2.23 bits per heavy atom. The van der Waals surface area contributed by atoms with E-state index in [2.05, 4.69) is 10.9 Å². The summed E-state index contributed by atoms with van der Waals surface area (Å²) in [5, 5.41) is 0. The number of rotatable bonds is 7. The van der Waals surface area contributed by atoms with E-state index in [1.807, 2.05) is 67.6 Å². The minimum absolute atomic E-state index is 0.224. The molecule has 6 heteroatoms. The number of ether oxygens (including phenoxy) is 2. The quantitative estimate of drug-likeness (QED) is 0.590. The van der Waals surface area contributed by atoms with E-state index < -0.39 is 17.9 Å². The van der Waals surface area contributed by atoms with Crippen LogP contribution >= 0.6 is 0 Å². The fourth-order valence-electron chi connectivity index (χ4n) is 2.74. The van der Waals surface area contributed by atoms with Gasteiger partial charge in [-0.1, -0.05) is 54.6 Å². The van der Waals surface area contributed by atoms with Gasteiger partial charge in [0, 0.05) is 0 Å². The highest BCUT2D eigenvalue weighted by atomic mass is 16.5. The molecular formula is C24H24N2O4. The zero-order valence-electron chi connectivity index (χ0n) is 16.9. The van der Waals surface area contributed by atoms with Crippen molar-refractivity contribution in [3.05, 3.63) is 84.4 Å². The van der Waals surface area contributed by atoms with Crippen molar-refractivity contribution in [1.29, 1.82) is 0 Å². The fourth-order valence-corrected chi connectivity index (χ4v) is 2.74. The van der Waals surface area contributed by atoms with Crippen LogP contribution in [0.4, 0.5) is 0 Å². The highest BCUT2D eigenvalue weighted by Crippen LogP contribution is 2.22. The van der Waals surface area contributed by atoms with Crippen molar-refractivity contribution in [3.8, 4) is 22.6 Å². The third kappa shape index (κ3) is 6.10. The average molecular weight is 404 g/mol. The Morgan fingerprint density at radius 1 is 0.833 bits per heavy atom. The molecule has 0 aliphatic heterocycles. The van der Waals surface area contributed by atoms with E-state index in [0.717, 1.165) is 16.7 Å². The van der Waals surface area contributed by atoms with E-state index in [9.17, 15) is 9.59 Å². The summed E-state index contributed by atoms with van der Waals surface area (Å²) < 4.78 is 11.0. The van der Waals surface area contributed by atoms with Crippen LogP contribution in [-0.2, 0) is 9.59 Å². The molecule has 3 rings (SSSR count). The number of carbonyl (C=O) groups is 2. The van der Waals surface area contributed by atoms with Crippen molar-refractivity contribution in [2.75, 3.05) is 6.61 Å². The highest BCUT2D eigenvalue weighted by Gasteiger charge is 2.15. The molecule has 6 nitrogen and oxygen atoms in total. The molecule has 1 atom stereocenters. The summed E-state index contributed by atoms with van der Waals surface area (Å²) in [6.45, 7) is 3.32. The molecule has 0 saturated carbocycles. The molecular weight excluding hydrogens is 380 g/mol. The maximum atomic E-state index is 12.1. The lowest BCUT2D eigenvalue weighted by molar-refractivity contribution is -0.133. The second-order valence-electron chi connectivity index (χ2n) is 6.79. The third-order valence-corrected chi connectivity index (χ3v) is 4.33. The summed E-state index contributed by atoms with van der Waals surface area (Å²) in [6.07, 6.45) is -0.765. The summed E-state index contributed by atoms with van der Waals surface area (Å²) in [5.74, 6) is 0.217. The molecule has 0 heterocycles. The second-order valence-corrected chi connectivity index (χ2v) is 6.79. The maximum Gasteiger partial charge on any atom is 0.279 e. The monoisotopic (exact) mass is 404 g/mol. The molecule has 0 fully saturated rings. The molecule has 30 heavy (non-hydrogen) atoms. The first-order valence-corrected chi connectivity index (χ1v) is 9.61. The van der Waals surface area contributed by atoms with Crippen molar-refractivity contribution >= 4 is 11.8 Å². The first-order valence-electron chi connectivity index (χ1n) is 9.61. The normalized spacial score (nSPS) is 11.3. The molecule has 3 aromatic rings. The Labute approximate surface area is 175 Å². The Hall–Kier alpha value is -3.80. The van der Waals surface area contributed by atoms with Crippen molar-refractivity contribution in [3.63, 3.8) is 0 Å². The Bertz CT molecular complexity index is 988. The Kier molecular flexibility index (Phi) is 7.05. The largest absolute Gasteiger partial charge is 0.484 e. The number of aryl methyl sites for hydroxylation is 1. The SMILES string of the molecule is Cc1cccc(OC(C)C(=O)NNC(=O)COc2ccc(-c3ccccc3)cc2)c1. The number of hydrogen-bond donors (Lipinski definition) is 2. The van der Waals surface area contributed by atoms with Gasteiger partial charge in [0.1, 0.15) is 11.5 Å². The molecule has 0 saturated heterocycles.